The number of rotatable bonds is 7. The van der Waals surface area contributed by atoms with E-state index < -0.39 is 0 Å². The lowest BCUT2D eigenvalue weighted by atomic mass is 10.0. The number of nitrogens with zero attached hydrogens (tertiary/aromatic N) is 2. The molecule has 5 heteroatoms. The standard InChI is InChI=1S/C31H26N2OS2/c1-3-5-20-6-8-21(9-7-20)22-10-12-23(13-11-22)30-32-26-18-29-27(19-28(26)35-30)33-31(36-29)24-14-16-25(17-15-24)34-4-2/h6-19H,3-5H2,1-2H3. The zero-order chi connectivity index (χ0) is 24.5. The van der Waals surface area contributed by atoms with Gasteiger partial charge in [0.05, 0.1) is 27.0 Å². The normalized spacial score (nSPS) is 11.4. The van der Waals surface area contributed by atoms with Crippen LogP contribution in [0.25, 0.3) is 52.7 Å². The van der Waals surface area contributed by atoms with Crippen molar-refractivity contribution in [1.82, 2.24) is 9.97 Å². The third-order valence-corrected chi connectivity index (χ3v) is 8.40. The molecule has 0 amide bonds. The minimum absolute atomic E-state index is 0.670. The Hall–Kier alpha value is -3.54. The van der Waals surface area contributed by atoms with Crippen LogP contribution in [-0.4, -0.2) is 16.6 Å². The quantitative estimate of drug-likeness (QED) is 0.216. The van der Waals surface area contributed by atoms with Gasteiger partial charge in [0.15, 0.2) is 0 Å². The average molecular weight is 507 g/mol. The first-order valence-electron chi connectivity index (χ1n) is 12.3. The second-order valence-electron chi connectivity index (χ2n) is 8.81. The third kappa shape index (κ3) is 4.52. The van der Waals surface area contributed by atoms with Crippen LogP contribution in [0.1, 0.15) is 25.8 Å². The van der Waals surface area contributed by atoms with Gasteiger partial charge in [-0.3, -0.25) is 0 Å². The highest BCUT2D eigenvalue weighted by atomic mass is 32.1. The summed E-state index contributed by atoms with van der Waals surface area (Å²) in [4.78, 5) is 9.87. The molecular weight excluding hydrogens is 480 g/mol. The lowest BCUT2D eigenvalue weighted by molar-refractivity contribution is 0.340. The smallest absolute Gasteiger partial charge is 0.124 e. The molecule has 3 nitrogen and oxygen atoms in total. The number of benzene rings is 4. The van der Waals surface area contributed by atoms with Crippen molar-refractivity contribution in [2.75, 3.05) is 6.61 Å². The highest BCUT2D eigenvalue weighted by Gasteiger charge is 2.12. The Morgan fingerprint density at radius 3 is 1.58 bits per heavy atom. The molecule has 6 aromatic rings. The summed E-state index contributed by atoms with van der Waals surface area (Å²) < 4.78 is 7.88. The van der Waals surface area contributed by atoms with E-state index in [1.165, 1.54) is 23.1 Å². The van der Waals surface area contributed by atoms with Gasteiger partial charge in [-0.05, 0) is 66.4 Å². The SMILES string of the molecule is CCCc1ccc(-c2ccc(-c3nc4cc5sc(-c6ccc(OCC)cc6)nc5cc4s3)cc2)cc1. The number of fused-ring (bicyclic) bond motifs is 2. The van der Waals surface area contributed by atoms with Gasteiger partial charge in [0.25, 0.3) is 0 Å². The molecule has 0 saturated heterocycles. The predicted molar refractivity (Wildman–Crippen MR) is 154 cm³/mol. The number of aromatic nitrogens is 2. The molecule has 0 bridgehead atoms. The molecule has 4 aromatic carbocycles. The molecule has 6 rings (SSSR count). The van der Waals surface area contributed by atoms with Crippen molar-refractivity contribution in [3.63, 3.8) is 0 Å². The van der Waals surface area contributed by atoms with Gasteiger partial charge in [-0.2, -0.15) is 0 Å². The van der Waals surface area contributed by atoms with Gasteiger partial charge in [-0.15, -0.1) is 22.7 Å². The monoisotopic (exact) mass is 506 g/mol. The van der Waals surface area contributed by atoms with Gasteiger partial charge in [-0.1, -0.05) is 61.9 Å². The Balaban J connectivity index is 1.26. The van der Waals surface area contributed by atoms with Crippen molar-refractivity contribution in [1.29, 1.82) is 0 Å². The number of ether oxygens (including phenoxy) is 1. The van der Waals surface area contributed by atoms with Crippen molar-refractivity contribution in [3.05, 3.63) is 90.5 Å². The van der Waals surface area contributed by atoms with Crippen LogP contribution in [0.15, 0.2) is 84.9 Å². The van der Waals surface area contributed by atoms with E-state index >= 15 is 0 Å². The fraction of sp³-hybridized carbons (Fsp3) is 0.161. The number of thiazole rings is 2. The Kier molecular flexibility index (Phi) is 6.26. The molecule has 2 aromatic heterocycles. The molecule has 0 fully saturated rings. The summed E-state index contributed by atoms with van der Waals surface area (Å²) >= 11 is 3.43. The summed E-state index contributed by atoms with van der Waals surface area (Å²) in [7, 11) is 0. The molecule has 0 aliphatic rings. The molecule has 178 valence electrons. The van der Waals surface area contributed by atoms with Crippen molar-refractivity contribution in [3.8, 4) is 38.0 Å². The maximum atomic E-state index is 5.56. The largest absolute Gasteiger partial charge is 0.494 e. The van der Waals surface area contributed by atoms with E-state index in [1.54, 1.807) is 22.7 Å². The van der Waals surface area contributed by atoms with Gasteiger partial charge in [0, 0.05) is 11.1 Å². The van der Waals surface area contributed by atoms with Crippen molar-refractivity contribution < 1.29 is 4.74 Å². The molecule has 0 atom stereocenters. The number of hydrogen-bond acceptors (Lipinski definition) is 5. The molecule has 0 radical (unpaired) electrons. The summed E-state index contributed by atoms with van der Waals surface area (Å²) in [5.41, 5.74) is 8.18. The van der Waals surface area contributed by atoms with E-state index in [4.69, 9.17) is 14.7 Å². The predicted octanol–water partition coefficient (Wildman–Crippen LogP) is 9.26. The van der Waals surface area contributed by atoms with Crippen molar-refractivity contribution in [2.24, 2.45) is 0 Å². The zero-order valence-electron chi connectivity index (χ0n) is 20.3. The number of aryl methyl sites for hydroxylation is 1. The van der Waals surface area contributed by atoms with Crippen LogP contribution < -0.4 is 4.74 Å². The van der Waals surface area contributed by atoms with Crippen LogP contribution in [0, 0.1) is 0 Å². The third-order valence-electron chi connectivity index (χ3n) is 6.27. The lowest BCUT2D eigenvalue weighted by Gasteiger charge is -2.05. The van der Waals surface area contributed by atoms with Crippen LogP contribution >= 0.6 is 22.7 Å². The topological polar surface area (TPSA) is 35.0 Å². The Morgan fingerprint density at radius 1 is 0.611 bits per heavy atom. The van der Waals surface area contributed by atoms with E-state index in [0.717, 1.165) is 53.7 Å². The maximum absolute atomic E-state index is 5.56. The van der Waals surface area contributed by atoms with E-state index in [9.17, 15) is 0 Å². The van der Waals surface area contributed by atoms with E-state index in [2.05, 4.69) is 79.7 Å². The molecule has 0 spiro atoms. The van der Waals surface area contributed by atoms with Crippen molar-refractivity contribution in [2.45, 2.75) is 26.7 Å². The summed E-state index contributed by atoms with van der Waals surface area (Å²) in [6.45, 7) is 4.88. The molecule has 0 N–H and O–H groups in total. The van der Waals surface area contributed by atoms with E-state index in [0.29, 0.717) is 6.61 Å². The first-order valence-corrected chi connectivity index (χ1v) is 14.0. The molecule has 36 heavy (non-hydrogen) atoms. The summed E-state index contributed by atoms with van der Waals surface area (Å²) in [5.74, 6) is 0.887. The Labute approximate surface area is 219 Å². The van der Waals surface area contributed by atoms with Crippen molar-refractivity contribution >= 4 is 43.1 Å². The van der Waals surface area contributed by atoms with Gasteiger partial charge in [0.1, 0.15) is 15.8 Å². The lowest BCUT2D eigenvalue weighted by Crippen LogP contribution is -1.90. The van der Waals surface area contributed by atoms with Crippen LogP contribution in [-0.2, 0) is 6.42 Å². The summed E-state index contributed by atoms with van der Waals surface area (Å²) in [6.07, 6.45) is 2.31. The Morgan fingerprint density at radius 2 is 1.08 bits per heavy atom. The molecular formula is C31H26N2OS2. The maximum Gasteiger partial charge on any atom is 0.124 e. The number of hydrogen-bond donors (Lipinski definition) is 0. The molecule has 0 saturated carbocycles. The minimum Gasteiger partial charge on any atom is -0.494 e. The van der Waals surface area contributed by atoms with Crippen LogP contribution in [0.5, 0.6) is 5.75 Å². The Bertz CT molecular complexity index is 1580. The highest BCUT2D eigenvalue weighted by Crippen LogP contribution is 2.37. The van der Waals surface area contributed by atoms with Gasteiger partial charge >= 0.3 is 0 Å². The zero-order valence-corrected chi connectivity index (χ0v) is 22.0. The first kappa shape index (κ1) is 22.9. The highest BCUT2D eigenvalue weighted by molar-refractivity contribution is 7.23. The fourth-order valence-corrected chi connectivity index (χ4v) is 6.39. The molecule has 2 heterocycles. The minimum atomic E-state index is 0.670. The summed E-state index contributed by atoms with van der Waals surface area (Å²) in [6, 6.07) is 30.2. The van der Waals surface area contributed by atoms with Gasteiger partial charge < -0.3 is 4.74 Å². The molecule has 0 aliphatic carbocycles. The molecule has 0 aliphatic heterocycles. The van der Waals surface area contributed by atoms with Crippen LogP contribution in [0.2, 0.25) is 0 Å². The summed E-state index contributed by atoms with van der Waals surface area (Å²) in [5, 5.41) is 2.06. The fourth-order valence-electron chi connectivity index (χ4n) is 4.41. The van der Waals surface area contributed by atoms with Gasteiger partial charge in [0.2, 0.25) is 0 Å². The average Bonchev–Trinajstić information content (AvgIpc) is 3.52. The van der Waals surface area contributed by atoms with Crippen LogP contribution in [0.3, 0.4) is 0 Å². The van der Waals surface area contributed by atoms with E-state index in [1.807, 2.05) is 19.1 Å². The second kappa shape index (κ2) is 9.84. The first-order chi connectivity index (χ1) is 17.7. The second-order valence-corrected chi connectivity index (χ2v) is 10.9. The van der Waals surface area contributed by atoms with E-state index in [-0.39, 0.29) is 0 Å². The van der Waals surface area contributed by atoms with Gasteiger partial charge in [-0.25, -0.2) is 9.97 Å². The molecule has 0 unspecified atom stereocenters. The van der Waals surface area contributed by atoms with Crippen LogP contribution in [0.4, 0.5) is 0 Å².